The average Bonchev–Trinajstić information content (AvgIpc) is 2.74. The van der Waals surface area contributed by atoms with Gasteiger partial charge in [0, 0.05) is 18.1 Å². The highest BCUT2D eigenvalue weighted by molar-refractivity contribution is 7.90. The topological polar surface area (TPSA) is 47.3 Å². The smallest absolute Gasteiger partial charge is 0.175 e. The predicted octanol–water partition coefficient (Wildman–Crippen LogP) is 3.73. The van der Waals surface area contributed by atoms with Gasteiger partial charge in [0.15, 0.2) is 9.84 Å². The van der Waals surface area contributed by atoms with Crippen molar-refractivity contribution in [3.05, 3.63) is 29.5 Å². The van der Waals surface area contributed by atoms with Crippen molar-refractivity contribution in [2.45, 2.75) is 39.0 Å². The molecule has 0 unspecified atom stereocenters. The van der Waals surface area contributed by atoms with Crippen molar-refractivity contribution in [3.63, 3.8) is 0 Å². The van der Waals surface area contributed by atoms with E-state index in [1.54, 1.807) is 12.1 Å². The van der Waals surface area contributed by atoms with E-state index in [4.69, 9.17) is 4.42 Å². The fourth-order valence-electron chi connectivity index (χ4n) is 1.74. The van der Waals surface area contributed by atoms with Crippen molar-refractivity contribution < 1.29 is 12.8 Å². The quantitative estimate of drug-likeness (QED) is 0.833. The van der Waals surface area contributed by atoms with Crippen LogP contribution >= 0.6 is 0 Å². The van der Waals surface area contributed by atoms with Crippen molar-refractivity contribution in [2.24, 2.45) is 0 Å². The molecule has 0 aliphatic heterocycles. The monoisotopic (exact) mass is 268 g/mol. The maximum Gasteiger partial charge on any atom is 0.175 e. The Bertz CT molecular complexity index is 636. The Kier molecular flexibility index (Phi) is 4.57. The molecule has 1 aromatic carbocycles. The minimum absolute atomic E-state index is 0.348. The summed E-state index contributed by atoms with van der Waals surface area (Å²) >= 11 is 0. The summed E-state index contributed by atoms with van der Waals surface area (Å²) in [6.45, 7) is 7.87. The normalized spacial score (nSPS) is 11.2. The molecule has 0 amide bonds. The zero-order valence-corrected chi connectivity index (χ0v) is 12.4. The lowest BCUT2D eigenvalue weighted by atomic mass is 10.2. The van der Waals surface area contributed by atoms with Crippen LogP contribution in [0.5, 0.6) is 0 Å². The van der Waals surface area contributed by atoms with Crippen LogP contribution in [0.2, 0.25) is 0 Å². The first-order chi connectivity index (χ1) is 8.41. The highest BCUT2D eigenvalue weighted by Crippen LogP contribution is 2.26. The van der Waals surface area contributed by atoms with Gasteiger partial charge in [-0.05, 0) is 30.7 Å². The third-order valence-electron chi connectivity index (χ3n) is 2.60. The van der Waals surface area contributed by atoms with Gasteiger partial charge in [0.25, 0.3) is 0 Å². The van der Waals surface area contributed by atoms with E-state index in [9.17, 15) is 8.42 Å². The summed E-state index contributed by atoms with van der Waals surface area (Å²) in [6.07, 6.45) is 2.02. The molecule has 3 nitrogen and oxygen atoms in total. The number of furan rings is 1. The molecule has 1 heterocycles. The molecule has 0 saturated carbocycles. The summed E-state index contributed by atoms with van der Waals surface area (Å²) in [4.78, 5) is 0.348. The van der Waals surface area contributed by atoms with Crippen molar-refractivity contribution in [1.29, 1.82) is 0 Å². The van der Waals surface area contributed by atoms with Crippen molar-refractivity contribution >= 4 is 20.8 Å². The fraction of sp³-hybridized carbons (Fsp3) is 0.429. The lowest BCUT2D eigenvalue weighted by Gasteiger charge is -2.00. The largest absolute Gasteiger partial charge is 0.461 e. The van der Waals surface area contributed by atoms with Gasteiger partial charge in [-0.25, -0.2) is 8.42 Å². The summed E-state index contributed by atoms with van der Waals surface area (Å²) in [6, 6.07) is 5.22. The molecule has 0 fully saturated rings. The van der Waals surface area contributed by atoms with Crippen LogP contribution in [0.15, 0.2) is 27.5 Å². The molecule has 100 valence electrons. The molecule has 18 heavy (non-hydrogen) atoms. The maximum absolute atomic E-state index is 11.5. The highest BCUT2D eigenvalue weighted by Gasteiger charge is 2.12. The molecule has 4 heteroatoms. The summed E-state index contributed by atoms with van der Waals surface area (Å²) in [7, 11) is -3.16. The van der Waals surface area contributed by atoms with Crippen molar-refractivity contribution in [1.82, 2.24) is 0 Å². The van der Waals surface area contributed by atoms with E-state index in [1.165, 1.54) is 6.26 Å². The van der Waals surface area contributed by atoms with Crippen LogP contribution in [0.25, 0.3) is 11.0 Å². The molecule has 0 aliphatic carbocycles. The van der Waals surface area contributed by atoms with Gasteiger partial charge in [-0.2, -0.15) is 0 Å². The molecule has 1 aromatic heterocycles. The van der Waals surface area contributed by atoms with Crippen LogP contribution in [0.3, 0.4) is 0 Å². The number of benzene rings is 1. The van der Waals surface area contributed by atoms with E-state index < -0.39 is 9.84 Å². The van der Waals surface area contributed by atoms with E-state index in [-0.39, 0.29) is 0 Å². The Morgan fingerprint density at radius 3 is 2.28 bits per heavy atom. The third-order valence-corrected chi connectivity index (χ3v) is 3.70. The number of sulfone groups is 1. The second-order valence-corrected chi connectivity index (χ2v) is 6.01. The van der Waals surface area contributed by atoms with Gasteiger partial charge < -0.3 is 4.42 Å². The third kappa shape index (κ3) is 2.93. The minimum atomic E-state index is -3.16. The van der Waals surface area contributed by atoms with Gasteiger partial charge in [0.1, 0.15) is 11.3 Å². The van der Waals surface area contributed by atoms with E-state index in [2.05, 4.69) is 0 Å². The van der Waals surface area contributed by atoms with Crippen LogP contribution < -0.4 is 0 Å². The summed E-state index contributed by atoms with van der Waals surface area (Å²) in [5, 5.41) is 0.859. The maximum atomic E-state index is 11.5. The van der Waals surface area contributed by atoms with Gasteiger partial charge >= 0.3 is 0 Å². The Labute approximate surface area is 109 Å². The molecule has 0 aliphatic rings. The van der Waals surface area contributed by atoms with Gasteiger partial charge in [-0.1, -0.05) is 20.8 Å². The number of fused-ring (bicyclic) bond motifs is 1. The Hall–Kier alpha value is -1.29. The number of hydrogen-bond donors (Lipinski definition) is 0. The fourth-order valence-corrected chi connectivity index (χ4v) is 2.47. The van der Waals surface area contributed by atoms with Crippen LogP contribution in [0.4, 0.5) is 0 Å². The van der Waals surface area contributed by atoms with E-state index in [0.717, 1.165) is 28.7 Å². The second kappa shape index (κ2) is 5.57. The zero-order chi connectivity index (χ0) is 13.9. The molecular weight excluding hydrogens is 248 g/mol. The molecule has 0 spiro atoms. The summed E-state index contributed by atoms with van der Waals surface area (Å²) in [5.74, 6) is 0.878. The molecule has 2 aromatic rings. The van der Waals surface area contributed by atoms with E-state index >= 15 is 0 Å². The first-order valence-electron chi connectivity index (χ1n) is 6.15. The standard InChI is InChI=1S/C12H14O3S.C2H6/c1-4-10-6-9-7-11(16(3,13)14)5-8(2)12(9)15-10;1-2/h5-7H,4H2,1-3H3;1-2H3. The Morgan fingerprint density at radius 2 is 1.78 bits per heavy atom. The van der Waals surface area contributed by atoms with Crippen LogP contribution in [0, 0.1) is 6.92 Å². The number of hydrogen-bond acceptors (Lipinski definition) is 3. The van der Waals surface area contributed by atoms with Gasteiger partial charge in [0.2, 0.25) is 0 Å². The second-order valence-electron chi connectivity index (χ2n) is 4.00. The van der Waals surface area contributed by atoms with Crippen molar-refractivity contribution in [3.8, 4) is 0 Å². The number of aryl methyl sites for hydroxylation is 2. The molecule has 2 rings (SSSR count). The summed E-state index contributed by atoms with van der Waals surface area (Å²) < 4.78 is 28.6. The van der Waals surface area contributed by atoms with Crippen molar-refractivity contribution in [2.75, 3.05) is 6.26 Å². The first kappa shape index (κ1) is 14.8. The van der Waals surface area contributed by atoms with Crippen LogP contribution in [0.1, 0.15) is 32.1 Å². The SMILES string of the molecule is CC.CCc1cc2cc(S(C)(=O)=O)cc(C)c2o1. The van der Waals surface area contributed by atoms with Gasteiger partial charge in [-0.15, -0.1) is 0 Å². The first-order valence-corrected chi connectivity index (χ1v) is 8.04. The van der Waals surface area contributed by atoms with Crippen LogP contribution in [-0.4, -0.2) is 14.7 Å². The average molecular weight is 268 g/mol. The number of rotatable bonds is 2. The highest BCUT2D eigenvalue weighted by atomic mass is 32.2. The lowest BCUT2D eigenvalue weighted by Crippen LogP contribution is -1.97. The molecule has 0 radical (unpaired) electrons. The molecule has 0 atom stereocenters. The zero-order valence-electron chi connectivity index (χ0n) is 11.6. The lowest BCUT2D eigenvalue weighted by molar-refractivity contribution is 0.555. The predicted molar refractivity (Wildman–Crippen MR) is 74.8 cm³/mol. The van der Waals surface area contributed by atoms with Gasteiger partial charge in [-0.3, -0.25) is 0 Å². The minimum Gasteiger partial charge on any atom is -0.461 e. The van der Waals surface area contributed by atoms with E-state index in [0.29, 0.717) is 4.90 Å². The molecule has 0 saturated heterocycles. The van der Waals surface area contributed by atoms with Gasteiger partial charge in [0.05, 0.1) is 4.90 Å². The molecule has 0 N–H and O–H groups in total. The summed E-state index contributed by atoms with van der Waals surface area (Å²) in [5.41, 5.74) is 1.64. The molecular formula is C14H20O3S. The Balaban J connectivity index is 0.000000771. The molecule has 0 bridgehead atoms. The van der Waals surface area contributed by atoms with Crippen LogP contribution in [-0.2, 0) is 16.3 Å². The van der Waals surface area contributed by atoms with E-state index in [1.807, 2.05) is 33.8 Å². The Morgan fingerprint density at radius 1 is 1.17 bits per heavy atom.